The highest BCUT2D eigenvalue weighted by Crippen LogP contribution is 2.12. The highest BCUT2D eigenvalue weighted by molar-refractivity contribution is 7.89. The summed E-state index contributed by atoms with van der Waals surface area (Å²) in [6.45, 7) is 4.24. The minimum atomic E-state index is -3.74. The second-order valence-electron chi connectivity index (χ2n) is 3.69. The Hall–Kier alpha value is -1.90. The molecule has 0 aliphatic heterocycles. The van der Waals surface area contributed by atoms with E-state index in [-0.39, 0.29) is 18.1 Å². The summed E-state index contributed by atoms with van der Waals surface area (Å²) in [4.78, 5) is 11.3. The van der Waals surface area contributed by atoms with Crippen LogP contribution in [0.5, 0.6) is 0 Å². The van der Waals surface area contributed by atoms with Crippen LogP contribution < -0.4 is 10.5 Å². The van der Waals surface area contributed by atoms with E-state index in [4.69, 9.17) is 14.6 Å². The van der Waals surface area contributed by atoms with Gasteiger partial charge in [0.05, 0.1) is 18.1 Å². The molecule has 1 amide bonds. The van der Waals surface area contributed by atoms with Gasteiger partial charge < -0.3 is 9.47 Å². The number of rotatable bonds is 7. The maximum atomic E-state index is 11.4. The maximum Gasteiger partial charge on any atom is 0.411 e. The number of carbonyl (C=O) groups excluding carboxylic acids is 1. The number of primary sulfonamides is 1. The summed E-state index contributed by atoms with van der Waals surface area (Å²) in [6.07, 6.45) is 0.934. The fraction of sp³-hybridized carbons (Fsp3) is 0.250. The van der Waals surface area contributed by atoms with Gasteiger partial charge in [0, 0.05) is 5.69 Å². The predicted molar refractivity (Wildman–Crippen MR) is 73.8 cm³/mol. The van der Waals surface area contributed by atoms with Crippen LogP contribution in [-0.2, 0) is 19.5 Å². The summed E-state index contributed by atoms with van der Waals surface area (Å²) in [5.74, 6) is 0. The number of nitrogens with two attached hydrogens (primary N) is 1. The number of sulfonamides is 1. The molecular formula is C12H16N2O5S. The lowest BCUT2D eigenvalue weighted by Crippen LogP contribution is -2.17. The Labute approximate surface area is 117 Å². The molecule has 0 aliphatic rings. The van der Waals surface area contributed by atoms with Crippen LogP contribution in [0.2, 0.25) is 0 Å². The lowest BCUT2D eigenvalue weighted by molar-refractivity contribution is 0.0922. The van der Waals surface area contributed by atoms with Gasteiger partial charge in [0.1, 0.15) is 6.61 Å². The van der Waals surface area contributed by atoms with E-state index in [0.717, 1.165) is 0 Å². The molecule has 1 aromatic rings. The largest absolute Gasteiger partial charge is 0.447 e. The molecule has 0 aromatic heterocycles. The van der Waals surface area contributed by atoms with Crippen molar-refractivity contribution in [1.82, 2.24) is 0 Å². The van der Waals surface area contributed by atoms with Gasteiger partial charge >= 0.3 is 6.09 Å². The molecule has 0 heterocycles. The molecule has 3 N–H and O–H groups in total. The molecule has 0 saturated carbocycles. The maximum absolute atomic E-state index is 11.4. The quantitative estimate of drug-likeness (QED) is 0.579. The van der Waals surface area contributed by atoms with Crippen molar-refractivity contribution in [1.29, 1.82) is 0 Å². The van der Waals surface area contributed by atoms with Gasteiger partial charge in [-0.15, -0.1) is 6.58 Å². The second-order valence-corrected chi connectivity index (χ2v) is 5.26. The van der Waals surface area contributed by atoms with Gasteiger partial charge in [-0.3, -0.25) is 5.32 Å². The van der Waals surface area contributed by atoms with Crippen molar-refractivity contribution in [3.8, 4) is 0 Å². The smallest absolute Gasteiger partial charge is 0.411 e. The molecule has 7 nitrogen and oxygen atoms in total. The third-order valence-corrected chi connectivity index (χ3v) is 3.06. The fourth-order valence-corrected chi connectivity index (χ4v) is 1.76. The van der Waals surface area contributed by atoms with Crippen LogP contribution in [0.1, 0.15) is 0 Å². The van der Waals surface area contributed by atoms with Crippen LogP contribution in [0.15, 0.2) is 41.8 Å². The third-order valence-electron chi connectivity index (χ3n) is 2.13. The van der Waals surface area contributed by atoms with E-state index in [1.54, 1.807) is 6.08 Å². The molecule has 20 heavy (non-hydrogen) atoms. The number of ether oxygens (including phenoxy) is 2. The first-order valence-corrected chi connectivity index (χ1v) is 7.23. The molecule has 0 bridgehead atoms. The zero-order chi connectivity index (χ0) is 15.0. The number of hydrogen-bond donors (Lipinski definition) is 2. The normalized spacial score (nSPS) is 10.8. The molecule has 0 unspecified atom stereocenters. The number of nitrogens with one attached hydrogen (secondary N) is 1. The SMILES string of the molecule is C=CCOCCOC(=O)Nc1ccc(S(N)(=O)=O)cc1. The number of benzene rings is 1. The van der Waals surface area contributed by atoms with Crippen LogP contribution in [0.3, 0.4) is 0 Å². The first-order valence-electron chi connectivity index (χ1n) is 5.69. The average molecular weight is 300 g/mol. The van der Waals surface area contributed by atoms with Crippen molar-refractivity contribution in [2.75, 3.05) is 25.1 Å². The fourth-order valence-electron chi connectivity index (χ4n) is 1.24. The zero-order valence-corrected chi connectivity index (χ0v) is 11.6. The third kappa shape index (κ3) is 5.83. The summed E-state index contributed by atoms with van der Waals surface area (Å²) < 4.78 is 31.9. The van der Waals surface area contributed by atoms with Gasteiger partial charge in [-0.2, -0.15) is 0 Å². The Morgan fingerprint density at radius 2 is 1.95 bits per heavy atom. The van der Waals surface area contributed by atoms with Gasteiger partial charge in [0.15, 0.2) is 0 Å². The molecule has 0 spiro atoms. The minimum Gasteiger partial charge on any atom is -0.447 e. The van der Waals surface area contributed by atoms with Crippen LogP contribution in [-0.4, -0.2) is 34.3 Å². The molecule has 110 valence electrons. The summed E-state index contributed by atoms with van der Waals surface area (Å²) in [7, 11) is -3.74. The first-order chi connectivity index (χ1) is 9.43. The summed E-state index contributed by atoms with van der Waals surface area (Å²) in [5, 5.41) is 7.39. The van der Waals surface area contributed by atoms with Gasteiger partial charge in [-0.25, -0.2) is 18.4 Å². The average Bonchev–Trinajstić information content (AvgIpc) is 2.38. The monoisotopic (exact) mass is 300 g/mol. The van der Waals surface area contributed by atoms with Crippen molar-refractivity contribution in [3.05, 3.63) is 36.9 Å². The molecular weight excluding hydrogens is 284 g/mol. The van der Waals surface area contributed by atoms with E-state index in [2.05, 4.69) is 11.9 Å². The highest BCUT2D eigenvalue weighted by atomic mass is 32.2. The molecule has 1 aromatic carbocycles. The Balaban J connectivity index is 2.41. The first kappa shape index (κ1) is 16.2. The van der Waals surface area contributed by atoms with Crippen molar-refractivity contribution in [3.63, 3.8) is 0 Å². The van der Waals surface area contributed by atoms with Gasteiger partial charge in [0.25, 0.3) is 0 Å². The van der Waals surface area contributed by atoms with Crippen molar-refractivity contribution >= 4 is 21.8 Å². The molecule has 0 saturated heterocycles. The lowest BCUT2D eigenvalue weighted by atomic mass is 10.3. The Morgan fingerprint density at radius 1 is 1.30 bits per heavy atom. The standard InChI is InChI=1S/C12H16N2O5S/c1-2-7-18-8-9-19-12(15)14-10-3-5-11(6-4-10)20(13,16)17/h2-6H,1,7-9H2,(H,14,15)(H2,13,16,17). The minimum absolute atomic E-state index is 0.0331. The number of amides is 1. The summed E-state index contributed by atoms with van der Waals surface area (Å²) in [6, 6.07) is 5.40. The van der Waals surface area contributed by atoms with Crippen LogP contribution in [0.4, 0.5) is 10.5 Å². The Bertz CT molecular complexity index is 554. The molecule has 0 fully saturated rings. The van der Waals surface area contributed by atoms with Crippen LogP contribution in [0, 0.1) is 0 Å². The number of anilines is 1. The van der Waals surface area contributed by atoms with Crippen LogP contribution >= 0.6 is 0 Å². The van der Waals surface area contributed by atoms with Crippen molar-refractivity contribution in [2.24, 2.45) is 5.14 Å². The van der Waals surface area contributed by atoms with E-state index < -0.39 is 16.1 Å². The van der Waals surface area contributed by atoms with E-state index in [0.29, 0.717) is 12.3 Å². The Morgan fingerprint density at radius 3 is 2.50 bits per heavy atom. The van der Waals surface area contributed by atoms with Gasteiger partial charge in [0.2, 0.25) is 10.0 Å². The number of hydrogen-bond acceptors (Lipinski definition) is 5. The van der Waals surface area contributed by atoms with Crippen molar-refractivity contribution in [2.45, 2.75) is 4.90 Å². The molecule has 0 radical (unpaired) electrons. The number of carbonyl (C=O) groups is 1. The predicted octanol–water partition coefficient (Wildman–Crippen LogP) is 1.09. The lowest BCUT2D eigenvalue weighted by Gasteiger charge is -2.07. The molecule has 0 aliphatic carbocycles. The van der Waals surface area contributed by atoms with Gasteiger partial charge in [-0.1, -0.05) is 6.08 Å². The van der Waals surface area contributed by atoms with Crippen LogP contribution in [0.25, 0.3) is 0 Å². The molecule has 1 rings (SSSR count). The van der Waals surface area contributed by atoms with Gasteiger partial charge in [-0.05, 0) is 24.3 Å². The summed E-state index contributed by atoms with van der Waals surface area (Å²) in [5.41, 5.74) is 0.398. The Kier molecular flexibility index (Phi) is 6.16. The summed E-state index contributed by atoms with van der Waals surface area (Å²) >= 11 is 0. The van der Waals surface area contributed by atoms with E-state index >= 15 is 0 Å². The highest BCUT2D eigenvalue weighted by Gasteiger charge is 2.08. The second kappa shape index (κ2) is 7.63. The molecule has 0 atom stereocenters. The van der Waals surface area contributed by atoms with E-state index in [1.165, 1.54) is 24.3 Å². The van der Waals surface area contributed by atoms with Crippen molar-refractivity contribution < 1.29 is 22.7 Å². The van der Waals surface area contributed by atoms with E-state index in [1.807, 2.05) is 0 Å². The zero-order valence-electron chi connectivity index (χ0n) is 10.7. The topological polar surface area (TPSA) is 108 Å². The van der Waals surface area contributed by atoms with E-state index in [9.17, 15) is 13.2 Å². The molecule has 8 heteroatoms.